The highest BCUT2D eigenvalue weighted by atomic mass is 16.3. The zero-order chi connectivity index (χ0) is 13.2. The number of amides is 1. The summed E-state index contributed by atoms with van der Waals surface area (Å²) in [6, 6.07) is 0.478. The van der Waals surface area contributed by atoms with E-state index in [-0.39, 0.29) is 12.5 Å². The predicted octanol–water partition coefficient (Wildman–Crippen LogP) is 1.36. The predicted molar refractivity (Wildman–Crippen MR) is 73.4 cm³/mol. The molecule has 1 saturated carbocycles. The van der Waals surface area contributed by atoms with E-state index in [2.05, 4.69) is 15.9 Å². The number of aliphatic hydroxyl groups excluding tert-OH is 1. The average Bonchev–Trinajstić information content (AvgIpc) is 3.19. The molecule has 19 heavy (non-hydrogen) atoms. The second-order valence-corrected chi connectivity index (χ2v) is 6.18. The van der Waals surface area contributed by atoms with E-state index in [0.29, 0.717) is 18.5 Å². The number of carbonyl (C=O) groups is 1. The summed E-state index contributed by atoms with van der Waals surface area (Å²) in [5, 5.41) is 9.02. The monoisotopic (exact) mass is 264 g/mol. The highest BCUT2D eigenvalue weighted by Gasteiger charge is 2.37. The lowest BCUT2D eigenvalue weighted by atomic mass is 10.0. The van der Waals surface area contributed by atoms with Gasteiger partial charge in [-0.3, -0.25) is 9.69 Å². The van der Waals surface area contributed by atoms with Gasteiger partial charge in [0.1, 0.15) is 0 Å². The van der Waals surface area contributed by atoms with Crippen molar-refractivity contribution in [1.82, 2.24) is 9.80 Å². The third-order valence-electron chi connectivity index (χ3n) is 4.41. The molecule has 0 aromatic heterocycles. The molecule has 2 fully saturated rings. The Kier molecular flexibility index (Phi) is 3.89. The van der Waals surface area contributed by atoms with Gasteiger partial charge in [0.05, 0.1) is 6.54 Å². The molecule has 2 aliphatic carbocycles. The summed E-state index contributed by atoms with van der Waals surface area (Å²) < 4.78 is 0. The standard InChI is InChI=1S/C15H24N2O2/c18-11-12-8-16(9-12)10-15(19)17(14-6-7-14)13-4-2-1-3-5-13/h4,12,14,18H,1-3,5-11H2. The fourth-order valence-electron chi connectivity index (χ4n) is 3.16. The van der Waals surface area contributed by atoms with Crippen molar-refractivity contribution < 1.29 is 9.90 Å². The molecule has 3 rings (SSSR count). The van der Waals surface area contributed by atoms with Crippen LogP contribution >= 0.6 is 0 Å². The lowest BCUT2D eigenvalue weighted by Gasteiger charge is -2.39. The average molecular weight is 264 g/mol. The Bertz CT molecular complexity index is 370. The minimum absolute atomic E-state index is 0.252. The molecule has 106 valence electrons. The normalized spacial score (nSPS) is 24.8. The van der Waals surface area contributed by atoms with Crippen molar-refractivity contribution in [1.29, 1.82) is 0 Å². The van der Waals surface area contributed by atoms with E-state index in [1.165, 1.54) is 31.4 Å². The highest BCUT2D eigenvalue weighted by molar-refractivity contribution is 5.81. The zero-order valence-corrected chi connectivity index (χ0v) is 11.6. The number of aliphatic hydroxyl groups is 1. The van der Waals surface area contributed by atoms with Crippen molar-refractivity contribution in [3.8, 4) is 0 Å². The molecule has 0 spiro atoms. The van der Waals surface area contributed by atoms with E-state index in [0.717, 1.165) is 25.9 Å². The van der Waals surface area contributed by atoms with E-state index in [1.54, 1.807) is 0 Å². The lowest BCUT2D eigenvalue weighted by molar-refractivity contribution is -0.133. The second-order valence-electron chi connectivity index (χ2n) is 6.18. The van der Waals surface area contributed by atoms with Crippen LogP contribution in [0.25, 0.3) is 0 Å². The minimum atomic E-state index is 0.252. The second kappa shape index (κ2) is 5.63. The molecule has 1 aliphatic heterocycles. The van der Waals surface area contributed by atoms with Crippen LogP contribution in [0.2, 0.25) is 0 Å². The molecule has 1 heterocycles. The van der Waals surface area contributed by atoms with Crippen molar-refractivity contribution in [2.24, 2.45) is 5.92 Å². The van der Waals surface area contributed by atoms with Gasteiger partial charge in [-0.25, -0.2) is 0 Å². The molecule has 4 heteroatoms. The molecule has 0 unspecified atom stereocenters. The van der Waals surface area contributed by atoms with E-state index >= 15 is 0 Å². The molecule has 1 amide bonds. The van der Waals surface area contributed by atoms with Crippen LogP contribution in [0.3, 0.4) is 0 Å². The number of carbonyl (C=O) groups excluding carboxylic acids is 1. The number of nitrogens with zero attached hydrogens (tertiary/aromatic N) is 2. The van der Waals surface area contributed by atoms with Crippen molar-refractivity contribution in [3.05, 3.63) is 11.8 Å². The van der Waals surface area contributed by atoms with E-state index < -0.39 is 0 Å². The van der Waals surface area contributed by atoms with Crippen LogP contribution in [0.15, 0.2) is 11.8 Å². The maximum absolute atomic E-state index is 12.5. The fraction of sp³-hybridized carbons (Fsp3) is 0.800. The first kappa shape index (κ1) is 13.1. The molecule has 1 saturated heterocycles. The van der Waals surface area contributed by atoms with Crippen LogP contribution in [0.4, 0.5) is 0 Å². The summed E-state index contributed by atoms with van der Waals surface area (Å²) in [6.45, 7) is 2.53. The van der Waals surface area contributed by atoms with Gasteiger partial charge in [-0.05, 0) is 38.5 Å². The first-order valence-corrected chi connectivity index (χ1v) is 7.62. The topological polar surface area (TPSA) is 43.8 Å². The molecule has 4 nitrogen and oxygen atoms in total. The highest BCUT2D eigenvalue weighted by Crippen LogP contribution is 2.34. The van der Waals surface area contributed by atoms with Gasteiger partial charge in [-0.15, -0.1) is 0 Å². The van der Waals surface area contributed by atoms with Crippen molar-refractivity contribution in [3.63, 3.8) is 0 Å². The Hall–Kier alpha value is -0.870. The Morgan fingerprint density at radius 1 is 1.37 bits per heavy atom. The van der Waals surface area contributed by atoms with E-state index in [1.807, 2.05) is 0 Å². The van der Waals surface area contributed by atoms with Gasteiger partial charge in [-0.1, -0.05) is 6.08 Å². The zero-order valence-electron chi connectivity index (χ0n) is 11.6. The summed E-state index contributed by atoms with van der Waals surface area (Å²) >= 11 is 0. The molecule has 0 bridgehead atoms. The quantitative estimate of drug-likeness (QED) is 0.815. The van der Waals surface area contributed by atoms with Crippen LogP contribution in [-0.4, -0.2) is 53.1 Å². The first-order valence-electron chi connectivity index (χ1n) is 7.62. The maximum Gasteiger partial charge on any atom is 0.241 e. The van der Waals surface area contributed by atoms with Gasteiger partial charge in [-0.2, -0.15) is 0 Å². The van der Waals surface area contributed by atoms with Gasteiger partial charge < -0.3 is 10.0 Å². The number of hydrogen-bond acceptors (Lipinski definition) is 3. The van der Waals surface area contributed by atoms with Gasteiger partial charge in [0, 0.05) is 37.4 Å². The summed E-state index contributed by atoms with van der Waals surface area (Å²) in [5.74, 6) is 0.656. The first-order chi connectivity index (χ1) is 9.28. The molecule has 3 aliphatic rings. The van der Waals surface area contributed by atoms with E-state index in [9.17, 15) is 4.79 Å². The van der Waals surface area contributed by atoms with Crippen LogP contribution < -0.4 is 0 Å². The number of allylic oxidation sites excluding steroid dienone is 2. The number of likely N-dealkylation sites (tertiary alicyclic amines) is 1. The third-order valence-corrected chi connectivity index (χ3v) is 4.41. The molecule has 0 radical (unpaired) electrons. The van der Waals surface area contributed by atoms with Crippen molar-refractivity contribution >= 4 is 5.91 Å². The summed E-state index contributed by atoms with van der Waals surface area (Å²) in [5.41, 5.74) is 1.28. The summed E-state index contributed by atoms with van der Waals surface area (Å²) in [4.78, 5) is 16.7. The smallest absolute Gasteiger partial charge is 0.241 e. The molecule has 0 aromatic rings. The van der Waals surface area contributed by atoms with Crippen LogP contribution in [0.5, 0.6) is 0 Å². The molecule has 0 aromatic carbocycles. The Morgan fingerprint density at radius 2 is 2.16 bits per heavy atom. The maximum atomic E-state index is 12.5. The van der Waals surface area contributed by atoms with E-state index in [4.69, 9.17) is 5.11 Å². The largest absolute Gasteiger partial charge is 0.396 e. The lowest BCUT2D eigenvalue weighted by Crippen LogP contribution is -2.52. The Balaban J connectivity index is 1.57. The Labute approximate surface area is 115 Å². The summed E-state index contributed by atoms with van der Waals surface area (Å²) in [7, 11) is 0. The van der Waals surface area contributed by atoms with Gasteiger partial charge in [0.15, 0.2) is 0 Å². The number of rotatable bonds is 5. The van der Waals surface area contributed by atoms with Crippen molar-refractivity contribution in [2.45, 2.75) is 44.6 Å². The minimum Gasteiger partial charge on any atom is -0.396 e. The van der Waals surface area contributed by atoms with Crippen LogP contribution in [0, 0.1) is 5.92 Å². The van der Waals surface area contributed by atoms with Gasteiger partial charge >= 0.3 is 0 Å². The van der Waals surface area contributed by atoms with Gasteiger partial charge in [0.25, 0.3) is 0 Å². The molecule has 1 N–H and O–H groups in total. The van der Waals surface area contributed by atoms with Crippen LogP contribution in [-0.2, 0) is 4.79 Å². The Morgan fingerprint density at radius 3 is 2.74 bits per heavy atom. The number of hydrogen-bond donors (Lipinski definition) is 1. The molecule has 0 atom stereocenters. The molecular weight excluding hydrogens is 240 g/mol. The van der Waals surface area contributed by atoms with Gasteiger partial charge in [0.2, 0.25) is 5.91 Å². The summed E-state index contributed by atoms with van der Waals surface area (Å²) in [6.07, 6.45) is 9.29. The fourth-order valence-corrected chi connectivity index (χ4v) is 3.16. The molecular formula is C15H24N2O2. The third kappa shape index (κ3) is 3.00. The van der Waals surface area contributed by atoms with Crippen molar-refractivity contribution in [2.75, 3.05) is 26.2 Å². The SMILES string of the molecule is O=C(CN1CC(CO)C1)N(C1=CCCCC1)C1CC1. The van der Waals surface area contributed by atoms with Crippen LogP contribution in [0.1, 0.15) is 38.5 Å².